The van der Waals surface area contributed by atoms with Crippen molar-refractivity contribution in [1.82, 2.24) is 0 Å². The molecule has 0 atom stereocenters. The van der Waals surface area contributed by atoms with Crippen LogP contribution in [0.2, 0.25) is 0 Å². The quantitative estimate of drug-likeness (QED) is 0.608. The lowest BCUT2D eigenvalue weighted by molar-refractivity contribution is -0.112. The fourth-order valence-electron chi connectivity index (χ4n) is 2.76. The monoisotopic (exact) mass is 370 g/mol. The van der Waals surface area contributed by atoms with Gasteiger partial charge in [0, 0.05) is 0 Å². The van der Waals surface area contributed by atoms with Gasteiger partial charge >= 0.3 is 0 Å². The van der Waals surface area contributed by atoms with Crippen LogP contribution in [0.25, 0.3) is 5.57 Å². The lowest BCUT2D eigenvalue weighted by Crippen LogP contribution is -2.00. The summed E-state index contributed by atoms with van der Waals surface area (Å²) >= 11 is 0. The fraction of sp³-hybridized carbons (Fsp3) is 0.318. The van der Waals surface area contributed by atoms with Crippen LogP contribution < -0.4 is 18.9 Å². The van der Waals surface area contributed by atoms with Crippen molar-refractivity contribution in [2.45, 2.75) is 20.8 Å². The van der Waals surface area contributed by atoms with E-state index in [4.69, 9.17) is 18.9 Å². The summed E-state index contributed by atoms with van der Waals surface area (Å²) in [7, 11) is 3.20. The Hall–Kier alpha value is -2.95. The summed E-state index contributed by atoms with van der Waals surface area (Å²) in [5.41, 5.74) is 2.47. The van der Waals surface area contributed by atoms with E-state index in [0.717, 1.165) is 16.7 Å². The van der Waals surface area contributed by atoms with Crippen LogP contribution in [-0.2, 0) is 4.79 Å². The highest BCUT2D eigenvalue weighted by molar-refractivity contribution is 5.99. The molecule has 0 spiro atoms. The number of allylic oxidation sites excluding steroid dienone is 1. The predicted molar refractivity (Wildman–Crippen MR) is 106 cm³/mol. The number of ether oxygens (including phenoxy) is 4. The lowest BCUT2D eigenvalue weighted by atomic mass is 9.96. The summed E-state index contributed by atoms with van der Waals surface area (Å²) in [4.78, 5) is 11.9. The van der Waals surface area contributed by atoms with Gasteiger partial charge < -0.3 is 18.9 Å². The zero-order valence-corrected chi connectivity index (χ0v) is 16.5. The van der Waals surface area contributed by atoms with E-state index in [9.17, 15) is 4.79 Å². The van der Waals surface area contributed by atoms with Gasteiger partial charge in [0.2, 0.25) is 0 Å². The van der Waals surface area contributed by atoms with Gasteiger partial charge in [0.1, 0.15) is 0 Å². The Labute approximate surface area is 160 Å². The molecule has 2 aromatic rings. The molecule has 2 aromatic carbocycles. The Kier molecular flexibility index (Phi) is 7.29. The maximum atomic E-state index is 11.9. The molecule has 144 valence electrons. The second kappa shape index (κ2) is 9.67. The molecule has 0 N–H and O–H groups in total. The smallest absolute Gasteiger partial charge is 0.161 e. The van der Waals surface area contributed by atoms with Gasteiger partial charge in [0.25, 0.3) is 0 Å². The molecule has 0 heterocycles. The third-order valence-electron chi connectivity index (χ3n) is 3.90. The van der Waals surface area contributed by atoms with E-state index >= 15 is 0 Å². The molecular weight excluding hydrogens is 344 g/mol. The van der Waals surface area contributed by atoms with Gasteiger partial charge in [-0.2, -0.15) is 0 Å². The van der Waals surface area contributed by atoms with Crippen molar-refractivity contribution in [3.8, 4) is 23.0 Å². The van der Waals surface area contributed by atoms with Crippen LogP contribution in [0.1, 0.15) is 31.9 Å². The molecule has 0 aliphatic rings. The van der Waals surface area contributed by atoms with Crippen molar-refractivity contribution >= 4 is 11.4 Å². The molecule has 0 aromatic heterocycles. The van der Waals surface area contributed by atoms with Crippen molar-refractivity contribution in [2.75, 3.05) is 27.4 Å². The van der Waals surface area contributed by atoms with E-state index in [1.807, 2.05) is 50.2 Å². The maximum absolute atomic E-state index is 11.9. The third-order valence-corrected chi connectivity index (χ3v) is 3.90. The first kappa shape index (κ1) is 20.4. The normalized spacial score (nSPS) is 10.1. The highest BCUT2D eigenvalue weighted by atomic mass is 16.5. The van der Waals surface area contributed by atoms with Gasteiger partial charge in [-0.1, -0.05) is 12.1 Å². The zero-order valence-electron chi connectivity index (χ0n) is 16.5. The number of hydrogen-bond donors (Lipinski definition) is 0. The number of carbonyl (C=O) groups is 1. The van der Waals surface area contributed by atoms with E-state index in [-0.39, 0.29) is 5.78 Å². The highest BCUT2D eigenvalue weighted by Crippen LogP contribution is 2.36. The van der Waals surface area contributed by atoms with E-state index in [2.05, 4.69) is 0 Å². The molecule has 0 saturated carbocycles. The summed E-state index contributed by atoms with van der Waals surface area (Å²) in [6.45, 7) is 6.39. The number of rotatable bonds is 9. The number of carbonyl (C=O) groups excluding carboxylic acids is 1. The molecule has 0 unspecified atom stereocenters. The second-order valence-corrected chi connectivity index (χ2v) is 5.77. The highest BCUT2D eigenvalue weighted by Gasteiger charge is 2.14. The summed E-state index contributed by atoms with van der Waals surface area (Å²) in [5.74, 6) is 2.50. The van der Waals surface area contributed by atoms with Gasteiger partial charge in [-0.3, -0.25) is 4.79 Å². The molecule has 0 aliphatic carbocycles. The molecular formula is C22H26O5. The minimum atomic E-state index is -0.0486. The molecule has 27 heavy (non-hydrogen) atoms. The van der Waals surface area contributed by atoms with Gasteiger partial charge in [0.05, 0.1) is 27.4 Å². The summed E-state index contributed by atoms with van der Waals surface area (Å²) < 4.78 is 22.1. The van der Waals surface area contributed by atoms with Crippen LogP contribution in [0, 0.1) is 0 Å². The van der Waals surface area contributed by atoms with E-state index in [1.54, 1.807) is 20.3 Å². The van der Waals surface area contributed by atoms with Gasteiger partial charge in [-0.25, -0.2) is 0 Å². The standard InChI is InChI=1S/C22H26O5/c1-6-26-21-13-16(8-10-19(21)24-4)18(12-15(3)23)17-9-11-20(25-5)22(14-17)27-7-2/h8-14H,6-7H2,1-5H3. The summed E-state index contributed by atoms with van der Waals surface area (Å²) in [5, 5.41) is 0. The Bertz CT molecular complexity index is 764. The van der Waals surface area contributed by atoms with Crippen LogP contribution in [0.3, 0.4) is 0 Å². The van der Waals surface area contributed by atoms with Crippen molar-refractivity contribution in [3.05, 3.63) is 53.6 Å². The van der Waals surface area contributed by atoms with E-state index in [0.29, 0.717) is 36.2 Å². The summed E-state index contributed by atoms with van der Waals surface area (Å²) in [6, 6.07) is 11.2. The topological polar surface area (TPSA) is 54.0 Å². The Balaban J connectivity index is 2.59. The number of benzene rings is 2. The number of ketones is 1. The molecule has 0 fully saturated rings. The number of hydrogen-bond acceptors (Lipinski definition) is 5. The largest absolute Gasteiger partial charge is 0.493 e. The van der Waals surface area contributed by atoms with Crippen LogP contribution in [0.15, 0.2) is 42.5 Å². The fourth-order valence-corrected chi connectivity index (χ4v) is 2.76. The first-order valence-corrected chi connectivity index (χ1v) is 8.88. The van der Waals surface area contributed by atoms with Crippen molar-refractivity contribution in [2.24, 2.45) is 0 Å². The van der Waals surface area contributed by atoms with Crippen LogP contribution in [0.4, 0.5) is 0 Å². The minimum absolute atomic E-state index is 0.0486. The maximum Gasteiger partial charge on any atom is 0.161 e. The minimum Gasteiger partial charge on any atom is -0.493 e. The Morgan fingerprint density at radius 2 is 1.26 bits per heavy atom. The molecule has 0 amide bonds. The van der Waals surface area contributed by atoms with Gasteiger partial charge in [-0.15, -0.1) is 0 Å². The SMILES string of the molecule is CCOc1cc(C(=CC(C)=O)c2ccc(OC)c(OCC)c2)ccc1OC. The number of methoxy groups -OCH3 is 2. The van der Waals surface area contributed by atoms with E-state index < -0.39 is 0 Å². The van der Waals surface area contributed by atoms with Crippen molar-refractivity contribution in [1.29, 1.82) is 0 Å². The average molecular weight is 370 g/mol. The molecule has 0 saturated heterocycles. The lowest BCUT2D eigenvalue weighted by Gasteiger charge is -2.15. The van der Waals surface area contributed by atoms with Crippen molar-refractivity contribution < 1.29 is 23.7 Å². The summed E-state index contributed by atoms with van der Waals surface area (Å²) in [6.07, 6.45) is 1.61. The Morgan fingerprint density at radius 3 is 1.59 bits per heavy atom. The van der Waals surface area contributed by atoms with Gasteiger partial charge in [-0.05, 0) is 67.8 Å². The third kappa shape index (κ3) is 5.03. The molecule has 2 rings (SSSR count). The second-order valence-electron chi connectivity index (χ2n) is 5.77. The molecule has 0 aliphatic heterocycles. The average Bonchev–Trinajstić information content (AvgIpc) is 2.66. The van der Waals surface area contributed by atoms with Crippen LogP contribution in [-0.4, -0.2) is 33.2 Å². The predicted octanol–water partition coefficient (Wildman–Crippen LogP) is 4.52. The van der Waals surface area contributed by atoms with E-state index in [1.165, 1.54) is 6.92 Å². The Morgan fingerprint density at radius 1 is 0.815 bits per heavy atom. The zero-order chi connectivity index (χ0) is 19.8. The van der Waals surface area contributed by atoms with Crippen LogP contribution in [0.5, 0.6) is 23.0 Å². The first-order valence-electron chi connectivity index (χ1n) is 8.88. The molecule has 5 nitrogen and oxygen atoms in total. The van der Waals surface area contributed by atoms with Gasteiger partial charge in [0.15, 0.2) is 28.8 Å². The molecule has 0 radical (unpaired) electrons. The first-order chi connectivity index (χ1) is 13.0. The van der Waals surface area contributed by atoms with Crippen molar-refractivity contribution in [3.63, 3.8) is 0 Å². The van der Waals surface area contributed by atoms with Crippen LogP contribution >= 0.6 is 0 Å². The molecule has 5 heteroatoms. The molecule has 0 bridgehead atoms.